The fourth-order valence-corrected chi connectivity index (χ4v) is 5.45. The van der Waals surface area contributed by atoms with Crippen LogP contribution in [0.1, 0.15) is 43.9 Å². The summed E-state index contributed by atoms with van der Waals surface area (Å²) < 4.78 is 33.3. The van der Waals surface area contributed by atoms with Gasteiger partial charge in [0.05, 0.1) is 11.0 Å². The van der Waals surface area contributed by atoms with Crippen molar-refractivity contribution in [3.8, 4) is 5.75 Å². The number of benzene rings is 1. The second-order valence-corrected chi connectivity index (χ2v) is 9.85. The van der Waals surface area contributed by atoms with E-state index in [1.165, 1.54) is 5.56 Å². The Hall–Kier alpha value is -2.38. The van der Waals surface area contributed by atoms with Crippen LogP contribution in [0.5, 0.6) is 5.75 Å². The highest BCUT2D eigenvalue weighted by Crippen LogP contribution is 2.34. The van der Waals surface area contributed by atoms with Crippen LogP contribution in [0.4, 0.5) is 0 Å². The highest BCUT2D eigenvalue weighted by atomic mass is 32.2. The molecule has 3 aromatic rings. The molecular formula is C22H27N3O3S. The molecule has 7 heteroatoms. The highest BCUT2D eigenvalue weighted by Gasteiger charge is 2.31. The molecule has 1 N–H and O–H groups in total. The summed E-state index contributed by atoms with van der Waals surface area (Å²) in [4.78, 5) is 8.11. The first-order chi connectivity index (χ1) is 13.8. The molecule has 154 valence electrons. The van der Waals surface area contributed by atoms with Crippen molar-refractivity contribution in [2.45, 2.75) is 50.5 Å². The number of nitrogens with zero attached hydrogens (tertiary/aromatic N) is 2. The van der Waals surface area contributed by atoms with Gasteiger partial charge in [-0.25, -0.2) is 13.4 Å². The molecule has 0 unspecified atom stereocenters. The Kier molecular flexibility index (Phi) is 5.36. The van der Waals surface area contributed by atoms with Crippen LogP contribution in [0.15, 0.2) is 47.5 Å². The molecule has 6 nitrogen and oxygen atoms in total. The summed E-state index contributed by atoms with van der Waals surface area (Å²) in [6, 6.07) is 10.8. The van der Waals surface area contributed by atoms with Gasteiger partial charge in [-0.15, -0.1) is 0 Å². The lowest BCUT2D eigenvalue weighted by atomic mass is 9.90. The molecule has 0 saturated carbocycles. The fraction of sp³-hybridized carbons (Fsp3) is 0.409. The van der Waals surface area contributed by atoms with E-state index in [1.807, 2.05) is 33.0 Å². The Morgan fingerprint density at radius 2 is 1.79 bits per heavy atom. The predicted molar refractivity (Wildman–Crippen MR) is 114 cm³/mol. The van der Waals surface area contributed by atoms with Gasteiger partial charge in [0.25, 0.3) is 0 Å². The molecule has 2 aromatic heterocycles. The molecule has 1 aromatic carbocycles. The largest absolute Gasteiger partial charge is 0.491 e. The number of aryl methyl sites for hydroxylation is 1. The van der Waals surface area contributed by atoms with E-state index >= 15 is 0 Å². The maximum absolute atomic E-state index is 13.0. The molecule has 0 atom stereocenters. The van der Waals surface area contributed by atoms with Gasteiger partial charge < -0.3 is 9.72 Å². The lowest BCUT2D eigenvalue weighted by Gasteiger charge is -2.31. The van der Waals surface area contributed by atoms with Crippen LogP contribution in [-0.4, -0.2) is 41.9 Å². The number of nitrogens with one attached hydrogen (secondary N) is 1. The zero-order valence-electron chi connectivity index (χ0n) is 17.1. The number of fused-ring (bicyclic) bond motifs is 1. The molecule has 0 radical (unpaired) electrons. The van der Waals surface area contributed by atoms with Crippen molar-refractivity contribution in [2.75, 3.05) is 13.1 Å². The number of aromatic amines is 1. The molecule has 0 amide bonds. The molecule has 4 rings (SSSR count). The number of hydrogen-bond donors (Lipinski definition) is 1. The molecule has 3 heterocycles. The highest BCUT2D eigenvalue weighted by molar-refractivity contribution is 7.89. The minimum absolute atomic E-state index is 0.0557. The number of hydrogen-bond acceptors (Lipinski definition) is 4. The molecule has 1 aliphatic heterocycles. The van der Waals surface area contributed by atoms with Crippen molar-refractivity contribution >= 4 is 21.1 Å². The van der Waals surface area contributed by atoms with Crippen LogP contribution in [0.25, 0.3) is 11.0 Å². The molecule has 1 saturated heterocycles. The molecule has 1 fully saturated rings. The van der Waals surface area contributed by atoms with E-state index in [0.29, 0.717) is 29.7 Å². The smallest absolute Gasteiger partial charge is 0.243 e. The Labute approximate surface area is 172 Å². The third-order valence-electron chi connectivity index (χ3n) is 5.44. The molecule has 1 aliphatic rings. The lowest BCUT2D eigenvalue weighted by molar-refractivity contribution is 0.242. The van der Waals surface area contributed by atoms with Gasteiger partial charge in [-0.2, -0.15) is 4.31 Å². The Balaban J connectivity index is 1.47. The van der Waals surface area contributed by atoms with Crippen LogP contribution in [0, 0.1) is 6.92 Å². The van der Waals surface area contributed by atoms with Crippen LogP contribution < -0.4 is 4.74 Å². The summed E-state index contributed by atoms with van der Waals surface area (Å²) in [7, 11) is -3.49. The van der Waals surface area contributed by atoms with Crippen molar-refractivity contribution in [3.63, 3.8) is 0 Å². The number of ether oxygens (including phenoxy) is 1. The Morgan fingerprint density at radius 3 is 2.45 bits per heavy atom. The average molecular weight is 414 g/mol. The normalized spacial score (nSPS) is 16.6. The van der Waals surface area contributed by atoms with Gasteiger partial charge in [0.1, 0.15) is 11.4 Å². The summed E-state index contributed by atoms with van der Waals surface area (Å²) in [6.45, 7) is 6.90. The number of pyridine rings is 1. The summed E-state index contributed by atoms with van der Waals surface area (Å²) in [5.74, 6) is 1.02. The van der Waals surface area contributed by atoms with Gasteiger partial charge in [-0.3, -0.25) is 0 Å². The van der Waals surface area contributed by atoms with Crippen LogP contribution in [0.3, 0.4) is 0 Å². The molecular weight excluding hydrogens is 386 g/mol. The first kappa shape index (κ1) is 19.9. The number of rotatable bonds is 5. The monoisotopic (exact) mass is 413 g/mol. The molecule has 0 spiro atoms. The van der Waals surface area contributed by atoms with E-state index in [4.69, 9.17) is 4.74 Å². The van der Waals surface area contributed by atoms with E-state index in [1.54, 1.807) is 28.6 Å². The van der Waals surface area contributed by atoms with Crippen molar-refractivity contribution in [3.05, 3.63) is 53.9 Å². The van der Waals surface area contributed by atoms with E-state index in [0.717, 1.165) is 29.6 Å². The fourth-order valence-electron chi connectivity index (χ4n) is 3.98. The summed E-state index contributed by atoms with van der Waals surface area (Å²) >= 11 is 0. The molecule has 0 aliphatic carbocycles. The standard InChI is InChI=1S/C22H27N3O3S/c1-15(2)28-18-5-7-19(8-6-18)29(26,27)25-12-10-17(11-13-25)21-14-23-22-20(21)9-4-16(3)24-22/h4-9,14-15,17H,10-13H2,1-3H3,(H,23,24). The lowest BCUT2D eigenvalue weighted by Crippen LogP contribution is -2.37. The number of H-pyrrole nitrogens is 1. The third kappa shape index (κ3) is 4.02. The van der Waals surface area contributed by atoms with E-state index in [9.17, 15) is 8.42 Å². The molecule has 0 bridgehead atoms. The van der Waals surface area contributed by atoms with Crippen molar-refractivity contribution in [1.82, 2.24) is 14.3 Å². The Bertz CT molecular complexity index is 1100. The average Bonchev–Trinajstić information content (AvgIpc) is 3.11. The van der Waals surface area contributed by atoms with Crippen LogP contribution in [-0.2, 0) is 10.0 Å². The van der Waals surface area contributed by atoms with E-state index in [-0.39, 0.29) is 6.10 Å². The maximum Gasteiger partial charge on any atom is 0.243 e. The second-order valence-electron chi connectivity index (χ2n) is 7.91. The maximum atomic E-state index is 13.0. The number of aromatic nitrogens is 2. The van der Waals surface area contributed by atoms with Crippen LogP contribution in [0.2, 0.25) is 0 Å². The van der Waals surface area contributed by atoms with E-state index in [2.05, 4.69) is 16.0 Å². The van der Waals surface area contributed by atoms with Gasteiger partial charge in [0, 0.05) is 30.4 Å². The van der Waals surface area contributed by atoms with Gasteiger partial charge in [-0.05, 0) is 81.5 Å². The first-order valence-electron chi connectivity index (χ1n) is 10.1. The van der Waals surface area contributed by atoms with Crippen molar-refractivity contribution in [1.29, 1.82) is 0 Å². The van der Waals surface area contributed by atoms with Crippen LogP contribution >= 0.6 is 0 Å². The van der Waals surface area contributed by atoms with Crippen molar-refractivity contribution < 1.29 is 13.2 Å². The summed E-state index contributed by atoms with van der Waals surface area (Å²) in [5, 5.41) is 1.14. The van der Waals surface area contributed by atoms with E-state index < -0.39 is 10.0 Å². The first-order valence-corrected chi connectivity index (χ1v) is 11.5. The molecule has 29 heavy (non-hydrogen) atoms. The zero-order valence-corrected chi connectivity index (χ0v) is 17.9. The SMILES string of the molecule is Cc1ccc2c(C3CCN(S(=O)(=O)c4ccc(OC(C)C)cc4)CC3)c[nH]c2n1. The summed E-state index contributed by atoms with van der Waals surface area (Å²) in [6.07, 6.45) is 3.68. The minimum atomic E-state index is -3.49. The van der Waals surface area contributed by atoms with Gasteiger partial charge in [-0.1, -0.05) is 0 Å². The number of sulfonamides is 1. The number of piperidine rings is 1. The van der Waals surface area contributed by atoms with Crippen molar-refractivity contribution in [2.24, 2.45) is 0 Å². The van der Waals surface area contributed by atoms with Gasteiger partial charge in [0.15, 0.2) is 0 Å². The van der Waals surface area contributed by atoms with Gasteiger partial charge in [0.2, 0.25) is 10.0 Å². The predicted octanol–water partition coefficient (Wildman–Crippen LogP) is 4.23. The zero-order chi connectivity index (χ0) is 20.6. The topological polar surface area (TPSA) is 75.3 Å². The minimum Gasteiger partial charge on any atom is -0.491 e. The third-order valence-corrected chi connectivity index (χ3v) is 7.35. The second kappa shape index (κ2) is 7.80. The Morgan fingerprint density at radius 1 is 1.10 bits per heavy atom. The summed E-state index contributed by atoms with van der Waals surface area (Å²) in [5.41, 5.74) is 3.12. The quantitative estimate of drug-likeness (QED) is 0.679. The van der Waals surface area contributed by atoms with Gasteiger partial charge >= 0.3 is 0 Å².